The third-order valence-electron chi connectivity index (χ3n) is 1.31. The molecule has 0 aromatic heterocycles. The van der Waals surface area contributed by atoms with Crippen LogP contribution in [0.25, 0.3) is 0 Å². The van der Waals surface area contributed by atoms with E-state index >= 15 is 0 Å². The fourth-order valence-electron chi connectivity index (χ4n) is 0.689. The van der Waals surface area contributed by atoms with Crippen LogP contribution in [0.15, 0.2) is 0 Å². The molecule has 0 fully saturated rings. The van der Waals surface area contributed by atoms with Gasteiger partial charge in [0.2, 0.25) is 5.91 Å². The molecule has 1 N–H and O–H groups in total. The van der Waals surface area contributed by atoms with Crippen LogP contribution in [0.4, 0.5) is 13.2 Å². The maximum atomic E-state index is 11.7. The molecule has 74 valence electrons. The summed E-state index contributed by atoms with van der Waals surface area (Å²) in [4.78, 5) is 10.7. The number of hydrogen-bond donors (Lipinski definition) is 1. The van der Waals surface area contributed by atoms with E-state index in [2.05, 4.69) is 11.2 Å². The van der Waals surface area contributed by atoms with Gasteiger partial charge in [-0.1, -0.05) is 12.8 Å². The number of carbonyl (C=O) groups is 1. The Kier molecular flexibility index (Phi) is 4.32. The van der Waals surface area contributed by atoms with E-state index in [-0.39, 0.29) is 0 Å². The molecule has 0 aliphatic heterocycles. The van der Waals surface area contributed by atoms with E-state index < -0.39 is 24.5 Å². The molecule has 1 unspecified atom stereocenters. The maximum Gasteiger partial charge on any atom is 0.397 e. The largest absolute Gasteiger partial charge is 0.397 e. The topological polar surface area (TPSA) is 29.1 Å². The van der Waals surface area contributed by atoms with E-state index in [0.29, 0.717) is 6.42 Å². The molecule has 1 amide bonds. The number of carbonyl (C=O) groups excluding carboxylic acids is 1. The van der Waals surface area contributed by atoms with Crippen LogP contribution in [0.5, 0.6) is 0 Å². The molecule has 0 aliphatic carbocycles. The van der Waals surface area contributed by atoms with Gasteiger partial charge in [0.25, 0.3) is 0 Å². The first-order valence-electron chi connectivity index (χ1n) is 3.71. The molecule has 0 rings (SSSR count). The Labute approximate surface area is 74.5 Å². The molecule has 13 heavy (non-hydrogen) atoms. The number of amides is 1. The molecule has 0 heterocycles. The quantitative estimate of drug-likeness (QED) is 0.675. The second-order valence-electron chi connectivity index (χ2n) is 2.49. The van der Waals surface area contributed by atoms with Crippen molar-refractivity contribution in [3.05, 3.63) is 0 Å². The zero-order chi connectivity index (χ0) is 10.5. The summed E-state index contributed by atoms with van der Waals surface area (Å²) in [6, 6.07) is -0.616. The first kappa shape index (κ1) is 11.8. The van der Waals surface area contributed by atoms with Gasteiger partial charge >= 0.3 is 6.18 Å². The Bertz CT molecular complexity index is 216. The van der Waals surface area contributed by atoms with Gasteiger partial charge in [-0.05, 0) is 6.42 Å². The van der Waals surface area contributed by atoms with Crippen LogP contribution >= 0.6 is 0 Å². The monoisotopic (exact) mass is 193 g/mol. The zero-order valence-electron chi connectivity index (χ0n) is 7.11. The number of hydrogen-bond acceptors (Lipinski definition) is 1. The zero-order valence-corrected chi connectivity index (χ0v) is 7.11. The number of alkyl halides is 3. The minimum Gasteiger partial charge on any atom is -0.342 e. The van der Waals surface area contributed by atoms with Crippen molar-refractivity contribution in [2.24, 2.45) is 0 Å². The van der Waals surface area contributed by atoms with Gasteiger partial charge in [0.1, 0.15) is 6.42 Å². The summed E-state index contributed by atoms with van der Waals surface area (Å²) in [5.41, 5.74) is 0. The van der Waals surface area contributed by atoms with Gasteiger partial charge < -0.3 is 5.32 Å². The van der Waals surface area contributed by atoms with Gasteiger partial charge in [0.15, 0.2) is 0 Å². The molecule has 0 aromatic carbocycles. The summed E-state index contributed by atoms with van der Waals surface area (Å²) >= 11 is 0. The number of nitrogens with one attached hydrogen (secondary N) is 1. The Morgan fingerprint density at radius 1 is 1.62 bits per heavy atom. The van der Waals surface area contributed by atoms with Crippen molar-refractivity contribution in [1.82, 2.24) is 5.32 Å². The van der Waals surface area contributed by atoms with Gasteiger partial charge in [-0.2, -0.15) is 13.2 Å². The Morgan fingerprint density at radius 3 is 2.46 bits per heavy atom. The molecule has 1 atom stereocenters. The molecular formula is C8H10F3NO. The van der Waals surface area contributed by atoms with Crippen molar-refractivity contribution in [2.75, 3.05) is 0 Å². The Balaban J connectivity index is 3.96. The summed E-state index contributed by atoms with van der Waals surface area (Å²) in [5, 5.41) is 2.08. The number of halogens is 3. The predicted molar refractivity (Wildman–Crippen MR) is 41.7 cm³/mol. The molecular weight excluding hydrogens is 183 g/mol. The highest BCUT2D eigenvalue weighted by Gasteiger charge is 2.31. The highest BCUT2D eigenvalue weighted by Crippen LogP contribution is 2.18. The molecule has 0 bridgehead atoms. The molecule has 2 nitrogen and oxygen atoms in total. The van der Waals surface area contributed by atoms with Crippen molar-refractivity contribution in [3.8, 4) is 12.3 Å². The Morgan fingerprint density at radius 2 is 2.15 bits per heavy atom. The van der Waals surface area contributed by atoms with Crippen LogP contribution in [-0.4, -0.2) is 18.1 Å². The lowest BCUT2D eigenvalue weighted by molar-refractivity contribution is -0.154. The maximum absolute atomic E-state index is 11.7. The second-order valence-corrected chi connectivity index (χ2v) is 2.49. The highest BCUT2D eigenvalue weighted by molar-refractivity contribution is 5.77. The van der Waals surface area contributed by atoms with Crippen LogP contribution in [0.1, 0.15) is 19.8 Å². The lowest BCUT2D eigenvalue weighted by Crippen LogP contribution is -2.35. The van der Waals surface area contributed by atoms with E-state index in [0.717, 1.165) is 0 Å². The lowest BCUT2D eigenvalue weighted by Gasteiger charge is -2.11. The summed E-state index contributed by atoms with van der Waals surface area (Å²) < 4.78 is 35.0. The van der Waals surface area contributed by atoms with Gasteiger partial charge in [0.05, 0.1) is 6.04 Å². The third kappa shape index (κ3) is 6.02. The Hall–Kier alpha value is -1.18. The molecule has 5 heteroatoms. The van der Waals surface area contributed by atoms with Gasteiger partial charge in [-0.25, -0.2) is 0 Å². The summed E-state index contributed by atoms with van der Waals surface area (Å²) in [6.45, 7) is 1.68. The van der Waals surface area contributed by atoms with Crippen LogP contribution in [0.3, 0.4) is 0 Å². The van der Waals surface area contributed by atoms with E-state index in [1.54, 1.807) is 6.92 Å². The van der Waals surface area contributed by atoms with Crippen LogP contribution in [0, 0.1) is 12.3 Å². The molecule has 0 spiro atoms. The van der Waals surface area contributed by atoms with Crippen LogP contribution in [0.2, 0.25) is 0 Å². The average Bonchev–Trinajstić information content (AvgIpc) is 1.96. The summed E-state index contributed by atoms with van der Waals surface area (Å²) in [7, 11) is 0. The van der Waals surface area contributed by atoms with E-state index in [9.17, 15) is 18.0 Å². The molecule has 0 aromatic rings. The number of rotatable bonds is 3. The van der Waals surface area contributed by atoms with Crippen LogP contribution in [-0.2, 0) is 4.79 Å². The van der Waals surface area contributed by atoms with Crippen molar-refractivity contribution in [2.45, 2.75) is 32.0 Å². The summed E-state index contributed by atoms with van der Waals surface area (Å²) in [6.07, 6.45) is -0.590. The van der Waals surface area contributed by atoms with Gasteiger partial charge in [-0.15, -0.1) is 6.42 Å². The van der Waals surface area contributed by atoms with E-state index in [1.807, 2.05) is 0 Å². The minimum atomic E-state index is -4.48. The third-order valence-corrected chi connectivity index (χ3v) is 1.31. The van der Waals surface area contributed by atoms with Gasteiger partial charge in [-0.3, -0.25) is 4.79 Å². The van der Waals surface area contributed by atoms with Gasteiger partial charge in [0, 0.05) is 0 Å². The van der Waals surface area contributed by atoms with Crippen molar-refractivity contribution >= 4 is 5.91 Å². The normalized spacial score (nSPS) is 13.2. The van der Waals surface area contributed by atoms with Crippen molar-refractivity contribution in [3.63, 3.8) is 0 Å². The summed E-state index contributed by atoms with van der Waals surface area (Å²) in [5.74, 6) is 1.08. The highest BCUT2D eigenvalue weighted by atomic mass is 19.4. The number of terminal acetylenes is 1. The van der Waals surface area contributed by atoms with E-state index in [1.165, 1.54) is 0 Å². The molecule has 0 saturated carbocycles. The smallest absolute Gasteiger partial charge is 0.342 e. The average molecular weight is 193 g/mol. The molecule has 0 aliphatic rings. The van der Waals surface area contributed by atoms with Crippen molar-refractivity contribution < 1.29 is 18.0 Å². The van der Waals surface area contributed by atoms with Crippen LogP contribution < -0.4 is 5.32 Å². The second kappa shape index (κ2) is 4.75. The lowest BCUT2D eigenvalue weighted by atomic mass is 10.2. The first-order chi connectivity index (χ1) is 5.89. The van der Waals surface area contributed by atoms with Crippen molar-refractivity contribution in [1.29, 1.82) is 0 Å². The molecule has 0 radical (unpaired) electrons. The van der Waals surface area contributed by atoms with E-state index in [4.69, 9.17) is 6.42 Å². The fraction of sp³-hybridized carbons (Fsp3) is 0.625. The fourth-order valence-corrected chi connectivity index (χ4v) is 0.689. The minimum absolute atomic E-state index is 0.417. The SMILES string of the molecule is C#CC(CC)NC(=O)CC(F)(F)F. The standard InChI is InChI=1S/C8H10F3NO/c1-3-6(4-2)12-7(13)5-8(9,10)11/h1,6H,4-5H2,2H3,(H,12,13). The first-order valence-corrected chi connectivity index (χ1v) is 3.71. The predicted octanol–water partition coefficient (Wildman–Crippen LogP) is 1.47. The molecule has 0 saturated heterocycles.